The molecule has 0 aromatic heterocycles. The predicted molar refractivity (Wildman–Crippen MR) is 81.7 cm³/mol. The molecule has 1 N–H and O–H groups in total. The van der Waals surface area contributed by atoms with Gasteiger partial charge in [-0.2, -0.15) is 0 Å². The lowest BCUT2D eigenvalue weighted by molar-refractivity contribution is -0.131. The molecule has 134 valence electrons. The zero-order chi connectivity index (χ0) is 17.1. The Balaban J connectivity index is 0. The molecule has 8 heteroatoms. The summed E-state index contributed by atoms with van der Waals surface area (Å²) in [6.45, 7) is 5.69. The third kappa shape index (κ3) is 21.5. The van der Waals surface area contributed by atoms with Gasteiger partial charge in [-0.15, -0.1) is 0 Å². The lowest BCUT2D eigenvalue weighted by Crippen LogP contribution is -2.25. The first-order valence-electron chi connectivity index (χ1n) is 7.13. The van der Waals surface area contributed by atoms with Gasteiger partial charge in [0.15, 0.2) is 0 Å². The van der Waals surface area contributed by atoms with Crippen LogP contribution in [-0.4, -0.2) is 96.8 Å². The Labute approximate surface area is 133 Å². The normalized spacial score (nSPS) is 10.0. The van der Waals surface area contributed by atoms with E-state index in [1.54, 1.807) is 21.3 Å². The Hall–Kier alpha value is -0.770. The lowest BCUT2D eigenvalue weighted by Gasteiger charge is -2.11. The van der Waals surface area contributed by atoms with Crippen LogP contribution in [0.25, 0.3) is 0 Å². The number of aliphatic hydroxyl groups excluding tert-OH is 1. The Bertz CT molecular complexity index is 217. The molecule has 0 aromatic rings. The Morgan fingerprint density at radius 3 is 1.64 bits per heavy atom. The van der Waals surface area contributed by atoms with Crippen LogP contribution in [0.1, 0.15) is 6.92 Å². The monoisotopic (exact) mass is 325 g/mol. The number of nitrogens with zero attached hydrogens (tertiary/aromatic N) is 1. The van der Waals surface area contributed by atoms with Crippen molar-refractivity contribution in [3.8, 4) is 0 Å². The van der Waals surface area contributed by atoms with E-state index in [1.165, 1.54) is 11.8 Å². The molecule has 0 fully saturated rings. The highest BCUT2D eigenvalue weighted by Crippen LogP contribution is 1.81. The van der Waals surface area contributed by atoms with E-state index >= 15 is 0 Å². The average Bonchev–Trinajstić information content (AvgIpc) is 2.50. The zero-order valence-corrected chi connectivity index (χ0v) is 14.2. The van der Waals surface area contributed by atoms with Crippen LogP contribution in [0.3, 0.4) is 0 Å². The third-order valence-electron chi connectivity index (χ3n) is 2.27. The summed E-state index contributed by atoms with van der Waals surface area (Å²) in [7, 11) is 4.88. The molecule has 0 unspecified atom stereocenters. The predicted octanol–water partition coefficient (Wildman–Crippen LogP) is -0.256. The summed E-state index contributed by atoms with van der Waals surface area (Å²) in [5.74, 6) is 0.0202. The second-order valence-corrected chi connectivity index (χ2v) is 4.19. The number of amides is 1. The molecule has 0 heterocycles. The maximum atomic E-state index is 10.4. The molecule has 1 amide bonds. The fourth-order valence-corrected chi connectivity index (χ4v) is 1.03. The standard InChI is InChI=1S/C9H20O5.C5H11NO2/c1-11-4-5-13-8-9-14-7-6-12-3-2-10;1-5(7)6(2)4-8-3/h10H,2-9H2,1H3;4H2,1-3H3. The average molecular weight is 325 g/mol. The first-order chi connectivity index (χ1) is 10.6. The minimum absolute atomic E-state index is 0.0202. The van der Waals surface area contributed by atoms with Gasteiger partial charge in [-0.1, -0.05) is 0 Å². The van der Waals surface area contributed by atoms with Crippen LogP contribution >= 0.6 is 0 Å². The molecule has 0 spiro atoms. The molecule has 0 atom stereocenters. The van der Waals surface area contributed by atoms with Crippen molar-refractivity contribution < 1.29 is 33.6 Å². The first-order valence-corrected chi connectivity index (χ1v) is 7.13. The van der Waals surface area contributed by atoms with Crippen molar-refractivity contribution in [1.29, 1.82) is 0 Å². The van der Waals surface area contributed by atoms with Crippen LogP contribution < -0.4 is 0 Å². The molecular formula is C14H31NO7. The van der Waals surface area contributed by atoms with Crippen molar-refractivity contribution in [3.63, 3.8) is 0 Å². The topological polar surface area (TPSA) is 86.7 Å². The van der Waals surface area contributed by atoms with E-state index in [1.807, 2.05) is 0 Å². The molecule has 22 heavy (non-hydrogen) atoms. The van der Waals surface area contributed by atoms with Crippen molar-refractivity contribution in [2.75, 3.05) is 80.9 Å². The van der Waals surface area contributed by atoms with E-state index in [0.717, 1.165) is 0 Å². The van der Waals surface area contributed by atoms with Crippen molar-refractivity contribution in [1.82, 2.24) is 4.90 Å². The van der Waals surface area contributed by atoms with Gasteiger partial charge in [-0.25, -0.2) is 0 Å². The van der Waals surface area contributed by atoms with Gasteiger partial charge < -0.3 is 33.7 Å². The number of rotatable bonds is 13. The van der Waals surface area contributed by atoms with E-state index < -0.39 is 0 Å². The maximum absolute atomic E-state index is 10.4. The summed E-state index contributed by atoms with van der Waals surface area (Å²) in [6, 6.07) is 0. The highest BCUT2D eigenvalue weighted by atomic mass is 16.6. The largest absolute Gasteiger partial charge is 0.394 e. The molecule has 0 saturated carbocycles. The van der Waals surface area contributed by atoms with Gasteiger partial charge in [-0.05, 0) is 0 Å². The molecule has 8 nitrogen and oxygen atoms in total. The number of ether oxygens (including phenoxy) is 5. The molecule has 0 saturated heterocycles. The summed E-state index contributed by atoms with van der Waals surface area (Å²) in [6.07, 6.45) is 0. The highest BCUT2D eigenvalue weighted by molar-refractivity contribution is 5.72. The van der Waals surface area contributed by atoms with Gasteiger partial charge in [0.2, 0.25) is 5.91 Å². The van der Waals surface area contributed by atoms with Gasteiger partial charge in [0, 0.05) is 28.2 Å². The summed E-state index contributed by atoms with van der Waals surface area (Å²) in [5, 5.41) is 8.39. The fourth-order valence-electron chi connectivity index (χ4n) is 1.03. The van der Waals surface area contributed by atoms with Crippen LogP contribution in [0.15, 0.2) is 0 Å². The molecule has 0 radical (unpaired) electrons. The van der Waals surface area contributed by atoms with Crippen molar-refractivity contribution in [3.05, 3.63) is 0 Å². The second-order valence-electron chi connectivity index (χ2n) is 4.19. The van der Waals surface area contributed by atoms with Gasteiger partial charge in [0.1, 0.15) is 6.73 Å². The number of carbonyl (C=O) groups is 1. The Morgan fingerprint density at radius 1 is 0.864 bits per heavy atom. The third-order valence-corrected chi connectivity index (χ3v) is 2.27. The van der Waals surface area contributed by atoms with E-state index in [-0.39, 0.29) is 12.5 Å². The first kappa shape index (κ1) is 23.5. The van der Waals surface area contributed by atoms with Crippen LogP contribution in [0.5, 0.6) is 0 Å². The smallest absolute Gasteiger partial charge is 0.220 e. The summed E-state index contributed by atoms with van der Waals surface area (Å²) in [4.78, 5) is 11.9. The minimum atomic E-state index is 0.0202. The van der Waals surface area contributed by atoms with Gasteiger partial charge in [0.25, 0.3) is 0 Å². The molecule has 0 aliphatic carbocycles. The quantitative estimate of drug-likeness (QED) is 0.369. The molecule has 0 aliphatic rings. The van der Waals surface area contributed by atoms with Crippen molar-refractivity contribution in [2.24, 2.45) is 0 Å². The van der Waals surface area contributed by atoms with Crippen LogP contribution in [0.4, 0.5) is 0 Å². The SMILES string of the molecule is COCCOCCOCCOCCO.COCN(C)C(C)=O. The molecule has 0 bridgehead atoms. The summed E-state index contributed by atoms with van der Waals surface area (Å²) < 4.78 is 24.8. The Kier molecular flexibility index (Phi) is 21.6. The van der Waals surface area contributed by atoms with Gasteiger partial charge >= 0.3 is 0 Å². The van der Waals surface area contributed by atoms with Crippen molar-refractivity contribution in [2.45, 2.75) is 6.92 Å². The van der Waals surface area contributed by atoms with Crippen molar-refractivity contribution >= 4 is 5.91 Å². The second kappa shape index (κ2) is 20.2. The number of aliphatic hydroxyl groups is 1. The molecule has 0 aliphatic heterocycles. The van der Waals surface area contributed by atoms with Crippen LogP contribution in [0, 0.1) is 0 Å². The number of hydrogen-bond donors (Lipinski definition) is 1. The van der Waals surface area contributed by atoms with Gasteiger partial charge in [-0.3, -0.25) is 4.79 Å². The number of methoxy groups -OCH3 is 2. The van der Waals surface area contributed by atoms with Crippen LogP contribution in [-0.2, 0) is 28.5 Å². The maximum Gasteiger partial charge on any atom is 0.220 e. The van der Waals surface area contributed by atoms with E-state index in [4.69, 9.17) is 24.1 Å². The fraction of sp³-hybridized carbons (Fsp3) is 0.929. The van der Waals surface area contributed by atoms with E-state index in [0.29, 0.717) is 53.0 Å². The van der Waals surface area contributed by atoms with Crippen LogP contribution in [0.2, 0.25) is 0 Å². The molecule has 0 rings (SSSR count). The highest BCUT2D eigenvalue weighted by Gasteiger charge is 1.97. The summed E-state index contributed by atoms with van der Waals surface area (Å²) in [5.41, 5.74) is 0. The number of carbonyl (C=O) groups excluding carboxylic acids is 1. The Morgan fingerprint density at radius 2 is 1.32 bits per heavy atom. The zero-order valence-electron chi connectivity index (χ0n) is 14.2. The van der Waals surface area contributed by atoms with Gasteiger partial charge in [0.05, 0.1) is 52.9 Å². The molecule has 0 aromatic carbocycles. The van der Waals surface area contributed by atoms with E-state index in [9.17, 15) is 4.79 Å². The minimum Gasteiger partial charge on any atom is -0.394 e. The summed E-state index contributed by atoms with van der Waals surface area (Å²) >= 11 is 0. The lowest BCUT2D eigenvalue weighted by atomic mass is 10.6. The molecular weight excluding hydrogens is 294 g/mol. The van der Waals surface area contributed by atoms with E-state index in [2.05, 4.69) is 4.74 Å². The number of hydrogen-bond acceptors (Lipinski definition) is 7.